The summed E-state index contributed by atoms with van der Waals surface area (Å²) in [6.45, 7) is 4.19. The molecule has 1 aliphatic rings. The monoisotopic (exact) mass is 357 g/mol. The lowest BCUT2D eigenvalue weighted by atomic mass is 9.83. The van der Waals surface area contributed by atoms with Gasteiger partial charge in [-0.1, -0.05) is 19.8 Å². The molecule has 9 heteroatoms. The van der Waals surface area contributed by atoms with Crippen LogP contribution < -0.4 is 15.2 Å². The van der Waals surface area contributed by atoms with Crippen LogP contribution in [0.5, 0.6) is 5.75 Å². The van der Waals surface area contributed by atoms with Crippen molar-refractivity contribution >= 4 is 15.7 Å². The number of nitrogens with two attached hydrogens (primary N) is 1. The van der Waals surface area contributed by atoms with Crippen LogP contribution in [0.25, 0.3) is 0 Å². The number of hydrogen-bond acceptors (Lipinski definition) is 6. The number of unbranched alkanes of at least 4 members (excludes halogenated alkanes) is 1. The first-order chi connectivity index (χ1) is 11.3. The van der Waals surface area contributed by atoms with Gasteiger partial charge in [0.2, 0.25) is 10.0 Å². The number of benzene rings is 1. The molecule has 1 heterocycles. The average molecular weight is 357 g/mol. The van der Waals surface area contributed by atoms with Crippen LogP contribution in [-0.2, 0) is 10.0 Å². The Morgan fingerprint density at radius 2 is 2.21 bits per heavy atom. The zero-order valence-electron chi connectivity index (χ0n) is 13.7. The summed E-state index contributed by atoms with van der Waals surface area (Å²) in [6, 6.07) is 3.47. The Bertz CT molecular complexity index is 699. The summed E-state index contributed by atoms with van der Waals surface area (Å²) in [7, 11) is -4.00. The predicted octanol–water partition coefficient (Wildman–Crippen LogP) is 1.79. The standard InChI is InChI=1S/C15H23N3O5S/c1-2-3-6-15(7-8-17-10-15)11-23-14-5-4-12(24(16,21)22)9-13(14)18(19)20/h4-5,9,17H,2-3,6-8,10-11H2,1H3,(H2,16,21,22)/t15-/m0/s1. The van der Waals surface area contributed by atoms with Crippen LogP contribution in [0, 0.1) is 15.5 Å². The maximum Gasteiger partial charge on any atom is 0.312 e. The van der Waals surface area contributed by atoms with Crippen molar-refractivity contribution in [2.75, 3.05) is 19.7 Å². The van der Waals surface area contributed by atoms with Gasteiger partial charge in [-0.2, -0.15) is 0 Å². The van der Waals surface area contributed by atoms with E-state index in [1.165, 1.54) is 12.1 Å². The predicted molar refractivity (Wildman–Crippen MR) is 89.4 cm³/mol. The number of nitro groups is 1. The lowest BCUT2D eigenvalue weighted by Gasteiger charge is -2.28. The molecule has 0 spiro atoms. The number of ether oxygens (including phenoxy) is 1. The summed E-state index contributed by atoms with van der Waals surface area (Å²) in [6.07, 6.45) is 4.08. The molecule has 0 bridgehead atoms. The highest BCUT2D eigenvalue weighted by Crippen LogP contribution is 2.35. The number of nitrogens with zero attached hydrogens (tertiary/aromatic N) is 1. The van der Waals surface area contributed by atoms with Crippen molar-refractivity contribution in [3.05, 3.63) is 28.3 Å². The van der Waals surface area contributed by atoms with Gasteiger partial charge in [0.1, 0.15) is 0 Å². The summed E-state index contributed by atoms with van der Waals surface area (Å²) >= 11 is 0. The smallest absolute Gasteiger partial charge is 0.312 e. The van der Waals surface area contributed by atoms with Crippen molar-refractivity contribution in [1.29, 1.82) is 0 Å². The number of nitro benzene ring substituents is 1. The minimum atomic E-state index is -4.00. The second-order valence-corrected chi connectivity index (χ2v) is 7.81. The van der Waals surface area contributed by atoms with E-state index in [4.69, 9.17) is 9.88 Å². The fourth-order valence-corrected chi connectivity index (χ4v) is 3.46. The maximum absolute atomic E-state index is 11.4. The van der Waals surface area contributed by atoms with E-state index in [2.05, 4.69) is 12.2 Å². The summed E-state index contributed by atoms with van der Waals surface area (Å²) in [5.41, 5.74) is -0.430. The molecule has 1 atom stereocenters. The number of nitrogens with one attached hydrogen (secondary N) is 1. The molecular weight excluding hydrogens is 334 g/mol. The van der Waals surface area contributed by atoms with E-state index in [1.807, 2.05) is 0 Å². The summed E-state index contributed by atoms with van der Waals surface area (Å²) in [5.74, 6) is 0.0650. The van der Waals surface area contributed by atoms with Gasteiger partial charge in [-0.05, 0) is 31.5 Å². The first-order valence-corrected chi connectivity index (χ1v) is 9.47. The van der Waals surface area contributed by atoms with E-state index in [0.29, 0.717) is 6.61 Å². The van der Waals surface area contributed by atoms with Crippen LogP contribution in [0.2, 0.25) is 0 Å². The zero-order chi connectivity index (χ0) is 17.8. The van der Waals surface area contributed by atoms with Gasteiger partial charge in [-0.3, -0.25) is 10.1 Å². The second kappa shape index (κ2) is 7.45. The number of rotatable bonds is 8. The van der Waals surface area contributed by atoms with Gasteiger partial charge in [0.15, 0.2) is 5.75 Å². The van der Waals surface area contributed by atoms with Crippen molar-refractivity contribution in [2.45, 2.75) is 37.5 Å². The average Bonchev–Trinajstić information content (AvgIpc) is 2.99. The molecule has 1 saturated heterocycles. The number of primary sulfonamides is 1. The molecule has 0 aliphatic carbocycles. The molecule has 8 nitrogen and oxygen atoms in total. The first-order valence-electron chi connectivity index (χ1n) is 7.92. The summed E-state index contributed by atoms with van der Waals surface area (Å²) in [4.78, 5) is 10.3. The number of hydrogen-bond donors (Lipinski definition) is 2. The molecule has 0 aromatic heterocycles. The zero-order valence-corrected chi connectivity index (χ0v) is 14.5. The van der Waals surface area contributed by atoms with Crippen LogP contribution in [0.4, 0.5) is 5.69 Å². The Morgan fingerprint density at radius 3 is 2.75 bits per heavy atom. The van der Waals surface area contributed by atoms with Crippen molar-refractivity contribution < 1.29 is 18.1 Å². The quantitative estimate of drug-likeness (QED) is 0.540. The van der Waals surface area contributed by atoms with Crippen molar-refractivity contribution in [2.24, 2.45) is 10.6 Å². The van der Waals surface area contributed by atoms with Crippen LogP contribution in [-0.4, -0.2) is 33.0 Å². The molecular formula is C15H23N3O5S. The SMILES string of the molecule is CCCC[C@]1(COc2ccc(S(N)(=O)=O)cc2[N+](=O)[O-])CCNC1. The molecule has 1 fully saturated rings. The van der Waals surface area contributed by atoms with Crippen molar-refractivity contribution in [3.63, 3.8) is 0 Å². The number of sulfonamides is 1. The lowest BCUT2D eigenvalue weighted by molar-refractivity contribution is -0.386. The molecule has 134 valence electrons. The fraction of sp³-hybridized carbons (Fsp3) is 0.600. The van der Waals surface area contributed by atoms with Gasteiger partial charge >= 0.3 is 5.69 Å². The third-order valence-corrected chi connectivity index (χ3v) is 5.29. The van der Waals surface area contributed by atoms with Gasteiger partial charge in [0.25, 0.3) is 0 Å². The van der Waals surface area contributed by atoms with E-state index >= 15 is 0 Å². The van der Waals surface area contributed by atoms with Crippen LogP contribution >= 0.6 is 0 Å². The Balaban J connectivity index is 2.21. The molecule has 0 amide bonds. The Hall–Kier alpha value is -1.71. The van der Waals surface area contributed by atoms with Crippen LogP contribution in [0.3, 0.4) is 0 Å². The van der Waals surface area contributed by atoms with E-state index < -0.39 is 20.6 Å². The van der Waals surface area contributed by atoms with Gasteiger partial charge < -0.3 is 10.1 Å². The first kappa shape index (κ1) is 18.6. The Morgan fingerprint density at radius 1 is 1.46 bits per heavy atom. The third kappa shape index (κ3) is 4.43. The third-order valence-electron chi connectivity index (χ3n) is 4.38. The van der Waals surface area contributed by atoms with Crippen molar-refractivity contribution in [1.82, 2.24) is 5.32 Å². The minimum Gasteiger partial charge on any atom is -0.486 e. The molecule has 2 rings (SSSR count). The molecule has 1 aromatic carbocycles. The van der Waals surface area contributed by atoms with Crippen LogP contribution in [0.15, 0.2) is 23.1 Å². The molecule has 0 radical (unpaired) electrons. The summed E-state index contributed by atoms with van der Waals surface area (Å²) in [5, 5.41) is 19.6. The highest BCUT2D eigenvalue weighted by Gasteiger charge is 2.34. The molecule has 0 unspecified atom stereocenters. The molecule has 0 saturated carbocycles. The van der Waals surface area contributed by atoms with Crippen LogP contribution in [0.1, 0.15) is 32.6 Å². The lowest BCUT2D eigenvalue weighted by Crippen LogP contribution is -2.31. The Kier molecular flexibility index (Phi) is 5.79. The largest absolute Gasteiger partial charge is 0.486 e. The van der Waals surface area contributed by atoms with E-state index in [1.54, 1.807) is 0 Å². The van der Waals surface area contributed by atoms with Gasteiger partial charge in [0.05, 0.1) is 16.4 Å². The molecule has 1 aliphatic heterocycles. The van der Waals surface area contributed by atoms with E-state index in [0.717, 1.165) is 44.8 Å². The molecule has 1 aromatic rings. The topological polar surface area (TPSA) is 125 Å². The normalized spacial score (nSPS) is 20.9. The maximum atomic E-state index is 11.4. The summed E-state index contributed by atoms with van der Waals surface area (Å²) < 4.78 is 28.5. The van der Waals surface area contributed by atoms with Crippen molar-refractivity contribution in [3.8, 4) is 5.75 Å². The highest BCUT2D eigenvalue weighted by molar-refractivity contribution is 7.89. The fourth-order valence-electron chi connectivity index (χ4n) is 2.93. The minimum absolute atomic E-state index is 0.0392. The van der Waals surface area contributed by atoms with Gasteiger partial charge in [-0.15, -0.1) is 0 Å². The van der Waals surface area contributed by atoms with Gasteiger partial charge in [0, 0.05) is 18.0 Å². The van der Waals surface area contributed by atoms with E-state index in [9.17, 15) is 18.5 Å². The molecule has 3 N–H and O–H groups in total. The molecule has 24 heavy (non-hydrogen) atoms. The highest BCUT2D eigenvalue weighted by atomic mass is 32.2. The Labute approximate surface area is 141 Å². The van der Waals surface area contributed by atoms with E-state index in [-0.39, 0.29) is 16.1 Å². The second-order valence-electron chi connectivity index (χ2n) is 6.25. The van der Waals surface area contributed by atoms with Gasteiger partial charge in [-0.25, -0.2) is 13.6 Å².